The molecule has 0 fully saturated rings. The molecule has 1 nitrogen and oxygen atoms in total. The first-order chi connectivity index (χ1) is 6.18. The Kier molecular flexibility index (Phi) is 2.08. The van der Waals surface area contributed by atoms with Crippen LogP contribution in [0.2, 0.25) is 0 Å². The Morgan fingerprint density at radius 2 is 2.15 bits per heavy atom. The maximum absolute atomic E-state index is 4.43. The Hall–Kier alpha value is -0.890. The summed E-state index contributed by atoms with van der Waals surface area (Å²) in [6.07, 6.45) is 1.91. The van der Waals surface area contributed by atoms with E-state index in [4.69, 9.17) is 0 Å². The lowest BCUT2D eigenvalue weighted by molar-refractivity contribution is 0.836. The van der Waals surface area contributed by atoms with Gasteiger partial charge in [-0.05, 0) is 30.4 Å². The van der Waals surface area contributed by atoms with Crippen molar-refractivity contribution in [2.75, 3.05) is 0 Å². The molecule has 0 amide bonds. The summed E-state index contributed by atoms with van der Waals surface area (Å²) in [5.41, 5.74) is 1.23. The van der Waals surface area contributed by atoms with Crippen molar-refractivity contribution >= 4 is 21.4 Å². The molecule has 0 aliphatic heterocycles. The average molecular weight is 191 g/mol. The van der Waals surface area contributed by atoms with E-state index in [9.17, 15) is 0 Å². The van der Waals surface area contributed by atoms with Crippen molar-refractivity contribution in [3.63, 3.8) is 0 Å². The maximum Gasteiger partial charge on any atom is 0.0606 e. The lowest BCUT2D eigenvalue weighted by atomic mass is 10.1. The van der Waals surface area contributed by atoms with Crippen LogP contribution >= 0.6 is 11.3 Å². The summed E-state index contributed by atoms with van der Waals surface area (Å²) in [6.45, 7) is 6.53. The van der Waals surface area contributed by atoms with Crippen LogP contribution in [-0.2, 0) is 0 Å². The normalized spacial score (nSPS) is 11.4. The Balaban J connectivity index is 2.75. The maximum atomic E-state index is 4.43. The predicted octanol–water partition coefficient (Wildman–Crippen LogP) is 3.73. The first-order valence-electron chi connectivity index (χ1n) is 4.53. The van der Waals surface area contributed by atoms with Crippen LogP contribution in [-0.4, -0.2) is 4.98 Å². The summed E-state index contributed by atoms with van der Waals surface area (Å²) in [6, 6.07) is 4.32. The molecule has 2 heteroatoms. The van der Waals surface area contributed by atoms with Gasteiger partial charge in [0, 0.05) is 11.1 Å². The molecule has 0 aliphatic carbocycles. The highest BCUT2D eigenvalue weighted by Crippen LogP contribution is 2.30. The van der Waals surface area contributed by atoms with Gasteiger partial charge in [-0.2, -0.15) is 0 Å². The van der Waals surface area contributed by atoms with Crippen LogP contribution < -0.4 is 0 Å². The van der Waals surface area contributed by atoms with Gasteiger partial charge in [-0.25, -0.2) is 0 Å². The van der Waals surface area contributed by atoms with E-state index in [1.807, 2.05) is 17.5 Å². The molecular formula is C11H13NS. The SMILES string of the molecule is Cc1cc2ccnc(C(C)C)c2s1. The van der Waals surface area contributed by atoms with E-state index in [2.05, 4.69) is 37.9 Å². The number of nitrogens with zero attached hydrogens (tertiary/aromatic N) is 1. The minimum absolute atomic E-state index is 0.516. The van der Waals surface area contributed by atoms with Crippen molar-refractivity contribution in [1.82, 2.24) is 4.98 Å². The minimum atomic E-state index is 0.516. The highest BCUT2D eigenvalue weighted by molar-refractivity contribution is 7.19. The van der Waals surface area contributed by atoms with Gasteiger partial charge in [0.15, 0.2) is 0 Å². The second-order valence-electron chi connectivity index (χ2n) is 3.63. The molecule has 2 heterocycles. The van der Waals surface area contributed by atoms with E-state index in [1.165, 1.54) is 20.7 Å². The second-order valence-corrected chi connectivity index (χ2v) is 4.88. The first kappa shape index (κ1) is 8.70. The van der Waals surface area contributed by atoms with Crippen LogP contribution in [0.5, 0.6) is 0 Å². The highest BCUT2D eigenvalue weighted by atomic mass is 32.1. The van der Waals surface area contributed by atoms with Crippen LogP contribution in [0.4, 0.5) is 0 Å². The number of hydrogen-bond acceptors (Lipinski definition) is 2. The Morgan fingerprint density at radius 1 is 1.38 bits per heavy atom. The number of pyridine rings is 1. The molecule has 68 valence electrons. The predicted molar refractivity (Wildman–Crippen MR) is 58.4 cm³/mol. The molecule has 0 atom stereocenters. The number of fused-ring (bicyclic) bond motifs is 1. The van der Waals surface area contributed by atoms with E-state index in [1.54, 1.807) is 0 Å². The smallest absolute Gasteiger partial charge is 0.0606 e. The summed E-state index contributed by atoms with van der Waals surface area (Å²) < 4.78 is 1.36. The van der Waals surface area contributed by atoms with Crippen LogP contribution in [0.15, 0.2) is 18.3 Å². The van der Waals surface area contributed by atoms with Crippen LogP contribution in [0.25, 0.3) is 10.1 Å². The van der Waals surface area contributed by atoms with E-state index < -0.39 is 0 Å². The zero-order valence-electron chi connectivity index (χ0n) is 8.16. The van der Waals surface area contributed by atoms with Crippen LogP contribution in [0.3, 0.4) is 0 Å². The summed E-state index contributed by atoms with van der Waals surface area (Å²) in [5.74, 6) is 0.516. The summed E-state index contributed by atoms with van der Waals surface area (Å²) in [4.78, 5) is 5.80. The standard InChI is InChI=1S/C11H13NS/c1-7(2)10-11-9(4-5-12-10)6-8(3)13-11/h4-7H,1-3H3. The van der Waals surface area contributed by atoms with E-state index in [-0.39, 0.29) is 0 Å². The minimum Gasteiger partial charge on any atom is -0.260 e. The van der Waals surface area contributed by atoms with Gasteiger partial charge in [0.25, 0.3) is 0 Å². The van der Waals surface area contributed by atoms with Crippen molar-refractivity contribution in [3.05, 3.63) is 28.9 Å². The fourth-order valence-corrected chi connectivity index (χ4v) is 2.67. The number of aromatic nitrogens is 1. The average Bonchev–Trinajstić information content (AvgIpc) is 2.43. The van der Waals surface area contributed by atoms with Gasteiger partial charge in [-0.1, -0.05) is 13.8 Å². The largest absolute Gasteiger partial charge is 0.260 e. The van der Waals surface area contributed by atoms with Crippen LogP contribution in [0.1, 0.15) is 30.3 Å². The zero-order valence-corrected chi connectivity index (χ0v) is 8.98. The molecule has 0 bridgehead atoms. The Labute approximate surface area is 82.4 Å². The highest BCUT2D eigenvalue weighted by Gasteiger charge is 2.08. The van der Waals surface area contributed by atoms with Crippen molar-refractivity contribution in [2.24, 2.45) is 0 Å². The van der Waals surface area contributed by atoms with Crippen molar-refractivity contribution < 1.29 is 0 Å². The lowest BCUT2D eigenvalue weighted by Crippen LogP contribution is -1.90. The van der Waals surface area contributed by atoms with Gasteiger partial charge in [-0.3, -0.25) is 4.98 Å². The molecule has 0 spiro atoms. The molecular weight excluding hydrogens is 178 g/mol. The summed E-state index contributed by atoms with van der Waals surface area (Å²) >= 11 is 1.84. The van der Waals surface area contributed by atoms with Gasteiger partial charge in [0.2, 0.25) is 0 Å². The lowest BCUT2D eigenvalue weighted by Gasteiger charge is -2.04. The molecule has 0 radical (unpaired) electrons. The fourth-order valence-electron chi connectivity index (χ4n) is 1.53. The van der Waals surface area contributed by atoms with Gasteiger partial charge < -0.3 is 0 Å². The van der Waals surface area contributed by atoms with Crippen molar-refractivity contribution in [1.29, 1.82) is 0 Å². The van der Waals surface area contributed by atoms with E-state index in [0.29, 0.717) is 5.92 Å². The molecule has 0 saturated heterocycles. The van der Waals surface area contributed by atoms with Gasteiger partial charge >= 0.3 is 0 Å². The third-order valence-electron chi connectivity index (χ3n) is 2.13. The third kappa shape index (κ3) is 1.46. The number of thiophene rings is 1. The first-order valence-corrected chi connectivity index (χ1v) is 5.35. The van der Waals surface area contributed by atoms with E-state index in [0.717, 1.165) is 0 Å². The van der Waals surface area contributed by atoms with Gasteiger partial charge in [0.05, 0.1) is 10.4 Å². The van der Waals surface area contributed by atoms with Crippen molar-refractivity contribution in [3.8, 4) is 0 Å². The molecule has 0 aromatic carbocycles. The Bertz CT molecular complexity index is 429. The molecule has 2 rings (SSSR count). The quantitative estimate of drug-likeness (QED) is 0.669. The molecule has 13 heavy (non-hydrogen) atoms. The van der Waals surface area contributed by atoms with Gasteiger partial charge in [-0.15, -0.1) is 11.3 Å². The van der Waals surface area contributed by atoms with Crippen molar-refractivity contribution in [2.45, 2.75) is 26.7 Å². The molecule has 0 saturated carbocycles. The Morgan fingerprint density at radius 3 is 2.85 bits per heavy atom. The second kappa shape index (κ2) is 3.11. The molecule has 0 unspecified atom stereocenters. The van der Waals surface area contributed by atoms with Gasteiger partial charge in [0.1, 0.15) is 0 Å². The summed E-state index contributed by atoms with van der Waals surface area (Å²) in [7, 11) is 0. The molecule has 2 aromatic rings. The number of aryl methyl sites for hydroxylation is 1. The molecule has 0 aliphatic rings. The monoisotopic (exact) mass is 191 g/mol. The number of hydrogen-bond donors (Lipinski definition) is 0. The zero-order chi connectivity index (χ0) is 9.42. The molecule has 2 aromatic heterocycles. The third-order valence-corrected chi connectivity index (χ3v) is 3.22. The molecule has 0 N–H and O–H groups in total. The van der Waals surface area contributed by atoms with Crippen LogP contribution in [0, 0.1) is 6.92 Å². The fraction of sp³-hybridized carbons (Fsp3) is 0.364. The summed E-state index contributed by atoms with van der Waals surface area (Å²) in [5, 5.41) is 1.33. The van der Waals surface area contributed by atoms with E-state index >= 15 is 0 Å². The topological polar surface area (TPSA) is 12.9 Å². The number of rotatable bonds is 1.